The normalized spacial score (nSPS) is 17.6. The van der Waals surface area contributed by atoms with Crippen LogP contribution >= 0.6 is 0 Å². The van der Waals surface area contributed by atoms with Crippen molar-refractivity contribution in [2.45, 2.75) is 44.2 Å². The molecule has 234 valence electrons. The summed E-state index contributed by atoms with van der Waals surface area (Å²) in [5, 5.41) is 2.52. The molecule has 6 aromatic rings. The molecule has 5 aromatic carbocycles. The number of H-pyrrole nitrogens is 1. The van der Waals surface area contributed by atoms with E-state index in [1.54, 1.807) is 0 Å². The number of benzene rings is 5. The van der Waals surface area contributed by atoms with Gasteiger partial charge in [0.15, 0.2) is 0 Å². The van der Waals surface area contributed by atoms with Gasteiger partial charge >= 0.3 is 0 Å². The summed E-state index contributed by atoms with van der Waals surface area (Å²) in [4.78, 5) is 27.2. The third kappa shape index (κ3) is 5.99. The van der Waals surface area contributed by atoms with E-state index in [1.807, 2.05) is 24.4 Å². The van der Waals surface area contributed by atoms with Crippen molar-refractivity contribution in [1.29, 1.82) is 0 Å². The zero-order valence-corrected chi connectivity index (χ0v) is 26.7. The first kappa shape index (κ1) is 29.4. The lowest BCUT2D eigenvalue weighted by atomic mass is 9.98. The summed E-state index contributed by atoms with van der Waals surface area (Å²) in [6.45, 7) is 2.71. The molecule has 0 bridgehead atoms. The number of carbonyl (C=O) groups is 1. The maximum atomic E-state index is 14.3. The highest BCUT2D eigenvalue weighted by molar-refractivity contribution is 5.87. The fraction of sp³-hybridized carbons (Fsp3) is 0.238. The summed E-state index contributed by atoms with van der Waals surface area (Å²) in [5.74, 6) is 1.08. The molecule has 47 heavy (non-hydrogen) atoms. The molecule has 0 spiro atoms. The minimum Gasteiger partial charge on any atom is -0.340 e. The number of nitrogens with one attached hydrogen (secondary N) is 1. The first-order valence-electron chi connectivity index (χ1n) is 17.1. The number of hydrogen-bond donors (Lipinski definition) is 1. The summed E-state index contributed by atoms with van der Waals surface area (Å²) < 4.78 is 0. The van der Waals surface area contributed by atoms with E-state index in [0.29, 0.717) is 0 Å². The topological polar surface area (TPSA) is 52.2 Å². The Kier molecular flexibility index (Phi) is 8.14. The molecule has 0 radical (unpaired) electrons. The number of nitrogens with zero attached hydrogens (tertiary/aromatic N) is 3. The van der Waals surface area contributed by atoms with E-state index in [0.717, 1.165) is 68.0 Å². The van der Waals surface area contributed by atoms with Crippen molar-refractivity contribution in [2.75, 3.05) is 19.6 Å². The monoisotopic (exact) mass is 616 g/mol. The van der Waals surface area contributed by atoms with Crippen molar-refractivity contribution < 1.29 is 4.79 Å². The zero-order valence-electron chi connectivity index (χ0n) is 26.7. The standard InChI is InChI=1S/C42H40N4O/c47-42(40(35-11-3-1-4-12-35)45-25-7-2-8-26-45)46-27-9-14-39(46)41-43-29-38(44-41)34-22-19-32(20-23-34)31-15-17-33(18-16-31)37-24-21-30-10-5-6-13-36(30)28-37/h1,3-6,10-13,15-24,28-29,39-40H,2,7-9,14,25-27H2,(H,43,44)/t39-,40+/m0/s1. The van der Waals surface area contributed by atoms with Crippen molar-refractivity contribution in [3.8, 4) is 33.5 Å². The first-order valence-corrected chi connectivity index (χ1v) is 17.1. The van der Waals surface area contributed by atoms with E-state index in [2.05, 4.69) is 118 Å². The lowest BCUT2D eigenvalue weighted by molar-refractivity contribution is -0.139. The Bertz CT molecular complexity index is 1970. The van der Waals surface area contributed by atoms with Gasteiger partial charge in [0, 0.05) is 6.54 Å². The largest absolute Gasteiger partial charge is 0.340 e. The second kappa shape index (κ2) is 13.0. The van der Waals surface area contributed by atoms with Crippen molar-refractivity contribution in [2.24, 2.45) is 0 Å². The van der Waals surface area contributed by atoms with Crippen LogP contribution in [0.25, 0.3) is 44.3 Å². The molecular weight excluding hydrogens is 576 g/mol. The lowest BCUT2D eigenvalue weighted by Crippen LogP contribution is -2.44. The van der Waals surface area contributed by atoms with E-state index in [-0.39, 0.29) is 18.0 Å². The van der Waals surface area contributed by atoms with Gasteiger partial charge in [-0.2, -0.15) is 0 Å². The fourth-order valence-electron chi connectivity index (χ4n) is 7.51. The van der Waals surface area contributed by atoms with Gasteiger partial charge in [-0.3, -0.25) is 9.69 Å². The number of imidazole rings is 1. The zero-order chi connectivity index (χ0) is 31.6. The summed E-state index contributed by atoms with van der Waals surface area (Å²) in [6, 6.07) is 42.7. The number of piperidine rings is 1. The van der Waals surface area contributed by atoms with Gasteiger partial charge in [-0.25, -0.2) is 4.98 Å². The maximum absolute atomic E-state index is 14.3. The Hall–Kier alpha value is -5.00. The van der Waals surface area contributed by atoms with Crippen molar-refractivity contribution in [1.82, 2.24) is 19.8 Å². The molecule has 3 heterocycles. The molecule has 0 aliphatic carbocycles. The molecule has 1 aromatic heterocycles. The van der Waals surface area contributed by atoms with E-state index < -0.39 is 0 Å². The van der Waals surface area contributed by atoms with Gasteiger partial charge in [0.25, 0.3) is 0 Å². The molecule has 0 unspecified atom stereocenters. The Morgan fingerprint density at radius 2 is 1.26 bits per heavy atom. The number of fused-ring (bicyclic) bond motifs is 1. The summed E-state index contributed by atoms with van der Waals surface area (Å²) in [7, 11) is 0. The highest BCUT2D eigenvalue weighted by Gasteiger charge is 2.38. The average molecular weight is 617 g/mol. The number of amides is 1. The van der Waals surface area contributed by atoms with Gasteiger partial charge in [-0.05, 0) is 89.0 Å². The van der Waals surface area contributed by atoms with Gasteiger partial charge in [-0.1, -0.05) is 122 Å². The molecule has 5 nitrogen and oxygen atoms in total. The number of likely N-dealkylation sites (tertiary alicyclic amines) is 2. The van der Waals surface area contributed by atoms with Gasteiger partial charge < -0.3 is 9.88 Å². The van der Waals surface area contributed by atoms with Crippen LogP contribution in [0.5, 0.6) is 0 Å². The van der Waals surface area contributed by atoms with Crippen molar-refractivity contribution in [3.63, 3.8) is 0 Å². The number of aromatic amines is 1. The SMILES string of the molecule is O=C([C@@H](c1ccccc1)N1CCCCC1)N1CCC[C@H]1c1ncc(-c2ccc(-c3ccc(-c4ccc5ccccc5c4)cc3)cc2)[nH]1. The third-order valence-corrected chi connectivity index (χ3v) is 10.0. The number of carbonyl (C=O) groups excluding carboxylic acids is 1. The highest BCUT2D eigenvalue weighted by Crippen LogP contribution is 2.36. The molecule has 0 saturated carbocycles. The molecule has 2 saturated heterocycles. The van der Waals surface area contributed by atoms with Gasteiger partial charge in [0.05, 0.1) is 17.9 Å². The predicted molar refractivity (Wildman–Crippen MR) is 191 cm³/mol. The van der Waals surface area contributed by atoms with E-state index in [4.69, 9.17) is 4.98 Å². The summed E-state index contributed by atoms with van der Waals surface area (Å²) in [5.41, 5.74) is 7.97. The smallest absolute Gasteiger partial charge is 0.245 e. The highest BCUT2D eigenvalue weighted by atomic mass is 16.2. The van der Waals surface area contributed by atoms with E-state index in [9.17, 15) is 4.79 Å². The Balaban J connectivity index is 0.984. The van der Waals surface area contributed by atoms with Crippen molar-refractivity contribution >= 4 is 16.7 Å². The molecule has 2 atom stereocenters. The summed E-state index contributed by atoms with van der Waals surface area (Å²) >= 11 is 0. The Morgan fingerprint density at radius 1 is 0.638 bits per heavy atom. The average Bonchev–Trinajstić information content (AvgIpc) is 3.84. The second-order valence-electron chi connectivity index (χ2n) is 13.0. The molecule has 8 rings (SSSR count). The van der Waals surface area contributed by atoms with Gasteiger partial charge in [0.2, 0.25) is 5.91 Å². The first-order chi connectivity index (χ1) is 23.2. The molecule has 2 fully saturated rings. The molecule has 1 amide bonds. The molecular formula is C42H40N4O. The molecule has 2 aliphatic rings. The van der Waals surface area contributed by atoms with E-state index >= 15 is 0 Å². The number of aromatic nitrogens is 2. The molecule has 5 heteroatoms. The molecule has 1 N–H and O–H groups in total. The lowest BCUT2D eigenvalue weighted by Gasteiger charge is -2.37. The molecule has 2 aliphatic heterocycles. The van der Waals surface area contributed by atoms with Gasteiger partial charge in [-0.15, -0.1) is 0 Å². The van der Waals surface area contributed by atoms with Crippen LogP contribution in [0.15, 0.2) is 128 Å². The second-order valence-corrected chi connectivity index (χ2v) is 13.0. The number of rotatable bonds is 7. The van der Waals surface area contributed by atoms with Gasteiger partial charge in [0.1, 0.15) is 11.9 Å². The van der Waals surface area contributed by atoms with Crippen molar-refractivity contribution in [3.05, 3.63) is 139 Å². The Labute approximate surface area is 276 Å². The van der Waals surface area contributed by atoms with Crippen LogP contribution in [0.3, 0.4) is 0 Å². The Morgan fingerprint density at radius 3 is 1.98 bits per heavy atom. The van der Waals surface area contributed by atoms with Crippen LogP contribution < -0.4 is 0 Å². The van der Waals surface area contributed by atoms with Crippen LogP contribution in [-0.4, -0.2) is 45.3 Å². The third-order valence-electron chi connectivity index (χ3n) is 10.0. The summed E-state index contributed by atoms with van der Waals surface area (Å²) in [6.07, 6.45) is 7.38. The van der Waals surface area contributed by atoms with E-state index in [1.165, 1.54) is 39.4 Å². The maximum Gasteiger partial charge on any atom is 0.245 e. The van der Waals surface area contributed by atoms with Crippen LogP contribution in [0, 0.1) is 0 Å². The van der Waals surface area contributed by atoms with Crippen LogP contribution in [-0.2, 0) is 4.79 Å². The quantitative estimate of drug-likeness (QED) is 0.194. The fourth-order valence-corrected chi connectivity index (χ4v) is 7.51. The van der Waals surface area contributed by atoms with Crippen LogP contribution in [0.4, 0.5) is 0 Å². The predicted octanol–water partition coefficient (Wildman–Crippen LogP) is 9.45. The van der Waals surface area contributed by atoms with Crippen LogP contribution in [0.2, 0.25) is 0 Å². The minimum atomic E-state index is -0.235. The minimum absolute atomic E-state index is 0.0346. The number of hydrogen-bond acceptors (Lipinski definition) is 3. The van der Waals surface area contributed by atoms with Crippen LogP contribution in [0.1, 0.15) is 55.6 Å².